The number of aliphatic hydroxyl groups is 1. The molecule has 3 rings (SSSR count). The Morgan fingerprint density at radius 1 is 1.28 bits per heavy atom. The summed E-state index contributed by atoms with van der Waals surface area (Å²) < 4.78 is 0. The highest BCUT2D eigenvalue weighted by molar-refractivity contribution is 7.14. The molecule has 32 heavy (non-hydrogen) atoms. The second kappa shape index (κ2) is 11.2. The van der Waals surface area contributed by atoms with Crippen LogP contribution in [-0.2, 0) is 14.4 Å². The minimum absolute atomic E-state index is 0.279. The van der Waals surface area contributed by atoms with E-state index in [1.54, 1.807) is 0 Å². The summed E-state index contributed by atoms with van der Waals surface area (Å²) in [6.45, 7) is 2.30. The van der Waals surface area contributed by atoms with Crippen LogP contribution in [0, 0.1) is 5.92 Å². The van der Waals surface area contributed by atoms with Crippen LogP contribution in [0.5, 0.6) is 0 Å². The molecule has 3 atom stereocenters. The molecule has 3 amide bonds. The minimum Gasteiger partial charge on any atom is -0.382 e. The molecule has 1 aromatic carbocycles. The number of unbranched alkanes of at least 4 members (excludes halogenated alkanes) is 1. The molecule has 10 heteroatoms. The first-order valence-corrected chi connectivity index (χ1v) is 11.6. The number of hydrogen-bond acceptors (Lipinski definition) is 7. The second-order valence-electron chi connectivity index (χ2n) is 7.75. The Morgan fingerprint density at radius 2 is 2.03 bits per heavy atom. The van der Waals surface area contributed by atoms with Gasteiger partial charge in [-0.1, -0.05) is 50.1 Å². The van der Waals surface area contributed by atoms with E-state index in [2.05, 4.69) is 10.3 Å². The topological polar surface area (TPSA) is 132 Å². The maximum atomic E-state index is 13.2. The number of nitrogens with zero attached hydrogens (tertiary/aromatic N) is 2. The van der Waals surface area contributed by atoms with Crippen molar-refractivity contribution in [3.63, 3.8) is 0 Å². The smallest absolute Gasteiger partial charge is 0.272 e. The lowest BCUT2D eigenvalue weighted by molar-refractivity contribution is -0.152. The fourth-order valence-corrected chi connectivity index (χ4v) is 4.59. The van der Waals surface area contributed by atoms with Crippen molar-refractivity contribution < 1.29 is 24.7 Å². The molecule has 2 heterocycles. The first-order valence-electron chi connectivity index (χ1n) is 10.7. The molecule has 1 saturated heterocycles. The number of aliphatic hydroxyl groups excluding tert-OH is 1. The van der Waals surface area contributed by atoms with Gasteiger partial charge in [0, 0.05) is 17.5 Å². The Morgan fingerprint density at radius 3 is 2.72 bits per heavy atom. The second-order valence-corrected chi connectivity index (χ2v) is 8.61. The van der Waals surface area contributed by atoms with E-state index in [4.69, 9.17) is 5.21 Å². The van der Waals surface area contributed by atoms with Gasteiger partial charge in [0.15, 0.2) is 5.13 Å². The Labute approximate surface area is 190 Å². The van der Waals surface area contributed by atoms with Gasteiger partial charge in [0.2, 0.25) is 11.8 Å². The molecule has 0 bridgehead atoms. The quantitative estimate of drug-likeness (QED) is 0.336. The normalized spacial score (nSPS) is 17.6. The first-order chi connectivity index (χ1) is 15.5. The highest BCUT2D eigenvalue weighted by Gasteiger charge is 2.41. The molecule has 4 N–H and O–H groups in total. The van der Waals surface area contributed by atoms with Crippen molar-refractivity contribution >= 4 is 34.2 Å². The molecule has 1 fully saturated rings. The van der Waals surface area contributed by atoms with Crippen LogP contribution in [0.1, 0.15) is 39.0 Å². The fourth-order valence-electron chi connectivity index (χ4n) is 3.87. The summed E-state index contributed by atoms with van der Waals surface area (Å²) >= 11 is 1.30. The Balaban J connectivity index is 1.70. The van der Waals surface area contributed by atoms with Crippen molar-refractivity contribution in [2.45, 2.75) is 51.2 Å². The van der Waals surface area contributed by atoms with Gasteiger partial charge in [0.1, 0.15) is 12.1 Å². The van der Waals surface area contributed by atoms with Crippen LogP contribution < -0.4 is 10.8 Å². The standard InChI is InChI=1S/C22H28N4O5S/c1-2-3-10-15(18(27)20(29)25-31)21(30)26-12-7-11-17(26)19(28)24-22-23-16(13-32-22)14-8-5-4-6-9-14/h4-6,8-9,13,15,17-18,27,31H,2-3,7,10-12H2,1H3,(H,25,29)(H,23,24,28)/t15?,17-,18?/m0/s1. The van der Waals surface area contributed by atoms with Gasteiger partial charge in [0.05, 0.1) is 11.6 Å². The van der Waals surface area contributed by atoms with Crippen LogP contribution in [0.4, 0.5) is 5.13 Å². The lowest BCUT2D eigenvalue weighted by Crippen LogP contribution is -2.50. The number of thiazole rings is 1. The number of hydroxylamine groups is 1. The highest BCUT2D eigenvalue weighted by atomic mass is 32.1. The molecule has 0 radical (unpaired) electrons. The van der Waals surface area contributed by atoms with Crippen molar-refractivity contribution in [1.82, 2.24) is 15.4 Å². The molecule has 1 aromatic heterocycles. The Hall–Kier alpha value is -2.82. The number of likely N-dealkylation sites (tertiary alicyclic amines) is 1. The van der Waals surface area contributed by atoms with E-state index in [0.29, 0.717) is 30.9 Å². The van der Waals surface area contributed by atoms with E-state index >= 15 is 0 Å². The molecule has 1 aliphatic heterocycles. The van der Waals surface area contributed by atoms with Crippen molar-refractivity contribution in [3.8, 4) is 11.3 Å². The lowest BCUT2D eigenvalue weighted by atomic mass is 9.93. The predicted molar refractivity (Wildman–Crippen MR) is 120 cm³/mol. The van der Waals surface area contributed by atoms with E-state index in [1.165, 1.54) is 21.7 Å². The molecule has 1 aliphatic rings. The minimum atomic E-state index is -1.68. The molecule has 172 valence electrons. The maximum absolute atomic E-state index is 13.2. The van der Waals surface area contributed by atoms with E-state index < -0.39 is 29.9 Å². The number of carbonyl (C=O) groups excluding carboxylic acids is 3. The monoisotopic (exact) mass is 460 g/mol. The third-order valence-electron chi connectivity index (χ3n) is 5.59. The van der Waals surface area contributed by atoms with Crippen molar-refractivity contribution in [2.75, 3.05) is 11.9 Å². The number of rotatable bonds is 9. The molecule has 2 unspecified atom stereocenters. The zero-order valence-corrected chi connectivity index (χ0v) is 18.7. The summed E-state index contributed by atoms with van der Waals surface area (Å²) in [6, 6.07) is 8.90. The molecule has 9 nitrogen and oxygen atoms in total. The average molecular weight is 461 g/mol. The molecule has 0 spiro atoms. The number of carbonyl (C=O) groups is 3. The summed E-state index contributed by atoms with van der Waals surface area (Å²) in [5, 5.41) is 24.2. The van der Waals surface area contributed by atoms with E-state index in [-0.39, 0.29) is 12.3 Å². The van der Waals surface area contributed by atoms with Crippen LogP contribution in [0.25, 0.3) is 11.3 Å². The van der Waals surface area contributed by atoms with Crippen LogP contribution in [0.3, 0.4) is 0 Å². The largest absolute Gasteiger partial charge is 0.382 e. The zero-order chi connectivity index (χ0) is 23.1. The SMILES string of the molecule is CCCCC(C(=O)N1CCC[C@H]1C(=O)Nc1nc(-c2ccccc2)cs1)C(O)C(=O)NO. The van der Waals surface area contributed by atoms with Crippen LogP contribution in [0.2, 0.25) is 0 Å². The zero-order valence-electron chi connectivity index (χ0n) is 17.9. The average Bonchev–Trinajstić information content (AvgIpc) is 3.49. The van der Waals surface area contributed by atoms with Crippen molar-refractivity contribution in [3.05, 3.63) is 35.7 Å². The van der Waals surface area contributed by atoms with Gasteiger partial charge in [-0.25, -0.2) is 10.5 Å². The highest BCUT2D eigenvalue weighted by Crippen LogP contribution is 2.28. The molecular formula is C22H28N4O5S. The fraction of sp³-hybridized carbons (Fsp3) is 0.455. The van der Waals surface area contributed by atoms with Crippen molar-refractivity contribution in [2.24, 2.45) is 5.92 Å². The van der Waals surface area contributed by atoms with Crippen LogP contribution in [-0.4, -0.2) is 56.6 Å². The summed E-state index contributed by atoms with van der Waals surface area (Å²) in [7, 11) is 0. The lowest BCUT2D eigenvalue weighted by Gasteiger charge is -2.29. The number of benzene rings is 1. The Kier molecular flexibility index (Phi) is 8.32. The van der Waals surface area contributed by atoms with Gasteiger partial charge in [0.25, 0.3) is 5.91 Å². The van der Waals surface area contributed by atoms with Gasteiger partial charge in [-0.2, -0.15) is 0 Å². The molecule has 0 saturated carbocycles. The van der Waals surface area contributed by atoms with Crippen LogP contribution >= 0.6 is 11.3 Å². The summed E-state index contributed by atoms with van der Waals surface area (Å²) in [5.74, 6) is -2.87. The number of anilines is 1. The number of hydrogen-bond donors (Lipinski definition) is 4. The van der Waals surface area contributed by atoms with Crippen LogP contribution in [0.15, 0.2) is 35.7 Å². The molecule has 2 aromatic rings. The Bertz CT molecular complexity index is 935. The van der Waals surface area contributed by atoms with E-state index in [0.717, 1.165) is 17.7 Å². The van der Waals surface area contributed by atoms with E-state index in [1.807, 2.05) is 42.6 Å². The summed E-state index contributed by atoms with van der Waals surface area (Å²) in [4.78, 5) is 43.8. The van der Waals surface area contributed by atoms with E-state index in [9.17, 15) is 19.5 Å². The van der Waals surface area contributed by atoms with Gasteiger partial charge in [-0.15, -0.1) is 11.3 Å². The summed E-state index contributed by atoms with van der Waals surface area (Å²) in [5.41, 5.74) is 3.10. The maximum Gasteiger partial charge on any atom is 0.272 e. The number of amides is 3. The third-order valence-corrected chi connectivity index (χ3v) is 6.35. The van der Waals surface area contributed by atoms with Gasteiger partial charge in [-0.05, 0) is 19.3 Å². The molecular weight excluding hydrogens is 432 g/mol. The predicted octanol–water partition coefficient (Wildman–Crippen LogP) is 2.41. The van der Waals surface area contributed by atoms with Gasteiger partial charge < -0.3 is 15.3 Å². The number of aromatic nitrogens is 1. The first kappa shape index (κ1) is 23.8. The van der Waals surface area contributed by atoms with Crippen molar-refractivity contribution in [1.29, 1.82) is 0 Å². The molecule has 0 aliphatic carbocycles. The van der Waals surface area contributed by atoms with Gasteiger partial charge >= 0.3 is 0 Å². The van der Waals surface area contributed by atoms with Gasteiger partial charge in [-0.3, -0.25) is 19.6 Å². The third kappa shape index (κ3) is 5.50. The number of nitrogens with one attached hydrogen (secondary N) is 2. The summed E-state index contributed by atoms with van der Waals surface area (Å²) in [6.07, 6.45) is 1.11.